The maximum Gasteiger partial charge on any atom is 0.255 e. The first-order valence-electron chi connectivity index (χ1n) is 7.66. The first-order valence-corrected chi connectivity index (χ1v) is 8.03. The summed E-state index contributed by atoms with van der Waals surface area (Å²) in [4.78, 5) is 12.4. The molecule has 0 aliphatic heterocycles. The number of carbonyl (C=O) groups is 1. The Bertz CT molecular complexity index is 880. The van der Waals surface area contributed by atoms with Crippen LogP contribution in [0.4, 0.5) is 5.69 Å². The van der Waals surface area contributed by atoms with E-state index in [-0.39, 0.29) is 5.91 Å². The van der Waals surface area contributed by atoms with Gasteiger partial charge in [0.2, 0.25) is 0 Å². The first-order chi connectivity index (χ1) is 11.5. The number of hydrogen-bond donors (Lipinski definition) is 1. The van der Waals surface area contributed by atoms with Crippen molar-refractivity contribution < 1.29 is 4.79 Å². The molecule has 1 amide bonds. The van der Waals surface area contributed by atoms with E-state index in [2.05, 4.69) is 10.4 Å². The molecule has 4 nitrogen and oxygen atoms in total. The number of halogens is 1. The van der Waals surface area contributed by atoms with Crippen molar-refractivity contribution in [2.24, 2.45) is 0 Å². The molecule has 0 bridgehead atoms. The predicted octanol–water partition coefficient (Wildman–Crippen LogP) is 4.70. The van der Waals surface area contributed by atoms with Crippen molar-refractivity contribution >= 4 is 23.2 Å². The molecule has 0 aliphatic carbocycles. The van der Waals surface area contributed by atoms with E-state index in [9.17, 15) is 4.79 Å². The lowest BCUT2D eigenvalue weighted by Crippen LogP contribution is -2.13. The summed E-state index contributed by atoms with van der Waals surface area (Å²) in [7, 11) is 0. The van der Waals surface area contributed by atoms with Gasteiger partial charge in [0.05, 0.1) is 22.8 Å². The lowest BCUT2D eigenvalue weighted by atomic mass is 10.2. The van der Waals surface area contributed by atoms with Gasteiger partial charge >= 0.3 is 0 Å². The van der Waals surface area contributed by atoms with Gasteiger partial charge in [0.25, 0.3) is 5.91 Å². The average Bonchev–Trinajstić information content (AvgIpc) is 2.84. The van der Waals surface area contributed by atoms with Crippen molar-refractivity contribution in [3.8, 4) is 5.69 Å². The second-order valence-electron chi connectivity index (χ2n) is 5.75. The van der Waals surface area contributed by atoms with Gasteiger partial charge in [-0.25, -0.2) is 4.68 Å². The molecular formula is C19H18ClN3O. The molecule has 3 rings (SSSR count). The SMILES string of the molecule is Cc1ccc(-n2nc(C)c(NC(=O)c3ccc(Cl)cc3)c2C)cc1. The molecule has 5 heteroatoms. The van der Waals surface area contributed by atoms with Gasteiger partial charge in [-0.05, 0) is 57.2 Å². The van der Waals surface area contributed by atoms with Crippen molar-refractivity contribution in [1.82, 2.24) is 9.78 Å². The molecule has 0 aliphatic rings. The zero-order valence-corrected chi connectivity index (χ0v) is 14.6. The van der Waals surface area contributed by atoms with E-state index in [1.807, 2.05) is 49.7 Å². The van der Waals surface area contributed by atoms with Gasteiger partial charge in [-0.1, -0.05) is 29.3 Å². The van der Waals surface area contributed by atoms with Crippen molar-refractivity contribution in [3.63, 3.8) is 0 Å². The molecule has 24 heavy (non-hydrogen) atoms. The zero-order valence-electron chi connectivity index (χ0n) is 13.8. The summed E-state index contributed by atoms with van der Waals surface area (Å²) in [6.07, 6.45) is 0. The van der Waals surface area contributed by atoms with Gasteiger partial charge in [0.15, 0.2) is 0 Å². The first kappa shape index (κ1) is 16.3. The van der Waals surface area contributed by atoms with Crippen LogP contribution in [0, 0.1) is 20.8 Å². The quantitative estimate of drug-likeness (QED) is 0.751. The third-order valence-corrected chi connectivity index (χ3v) is 4.17. The summed E-state index contributed by atoms with van der Waals surface area (Å²) in [5.41, 5.74) is 5.11. The van der Waals surface area contributed by atoms with Gasteiger partial charge < -0.3 is 5.32 Å². The molecule has 0 unspecified atom stereocenters. The Morgan fingerprint density at radius 3 is 2.25 bits per heavy atom. The minimum Gasteiger partial charge on any atom is -0.319 e. The third kappa shape index (κ3) is 3.19. The summed E-state index contributed by atoms with van der Waals surface area (Å²) < 4.78 is 1.84. The highest BCUT2D eigenvalue weighted by Crippen LogP contribution is 2.24. The topological polar surface area (TPSA) is 46.9 Å². The lowest BCUT2D eigenvalue weighted by molar-refractivity contribution is 0.102. The summed E-state index contributed by atoms with van der Waals surface area (Å²) in [6, 6.07) is 14.9. The smallest absolute Gasteiger partial charge is 0.255 e. The van der Waals surface area contributed by atoms with Crippen LogP contribution in [0.15, 0.2) is 48.5 Å². The van der Waals surface area contributed by atoms with Crippen LogP contribution in [0.3, 0.4) is 0 Å². The molecule has 0 saturated carbocycles. The summed E-state index contributed by atoms with van der Waals surface area (Å²) in [5, 5.41) is 8.11. The Labute approximate surface area is 146 Å². The number of anilines is 1. The molecule has 2 aromatic carbocycles. The molecule has 0 fully saturated rings. The van der Waals surface area contributed by atoms with Crippen LogP contribution in [-0.4, -0.2) is 15.7 Å². The van der Waals surface area contributed by atoms with E-state index >= 15 is 0 Å². The predicted molar refractivity (Wildman–Crippen MR) is 97.2 cm³/mol. The Balaban J connectivity index is 1.90. The van der Waals surface area contributed by atoms with Gasteiger partial charge in [-0.15, -0.1) is 0 Å². The molecular weight excluding hydrogens is 322 g/mol. The van der Waals surface area contributed by atoms with Crippen LogP contribution in [0.1, 0.15) is 27.3 Å². The Kier molecular flexibility index (Phi) is 4.40. The number of benzene rings is 2. The Morgan fingerprint density at radius 2 is 1.62 bits per heavy atom. The second kappa shape index (κ2) is 6.49. The van der Waals surface area contributed by atoms with Gasteiger partial charge in [-0.3, -0.25) is 4.79 Å². The van der Waals surface area contributed by atoms with Crippen LogP contribution in [0.2, 0.25) is 5.02 Å². The molecule has 1 heterocycles. The number of amides is 1. The van der Waals surface area contributed by atoms with E-state index in [0.29, 0.717) is 10.6 Å². The largest absolute Gasteiger partial charge is 0.319 e. The fourth-order valence-corrected chi connectivity index (χ4v) is 2.67. The van der Waals surface area contributed by atoms with E-state index < -0.39 is 0 Å². The molecule has 0 radical (unpaired) electrons. The minimum absolute atomic E-state index is 0.179. The number of nitrogens with one attached hydrogen (secondary N) is 1. The average molecular weight is 340 g/mol. The van der Waals surface area contributed by atoms with Crippen LogP contribution in [0.25, 0.3) is 5.69 Å². The van der Waals surface area contributed by atoms with Crippen molar-refractivity contribution in [2.75, 3.05) is 5.32 Å². The molecule has 1 aromatic heterocycles. The Hall–Kier alpha value is -2.59. The maximum absolute atomic E-state index is 12.4. The number of carbonyl (C=O) groups excluding carboxylic acids is 1. The van der Waals surface area contributed by atoms with Crippen LogP contribution >= 0.6 is 11.6 Å². The minimum atomic E-state index is -0.179. The monoisotopic (exact) mass is 339 g/mol. The Morgan fingerprint density at radius 1 is 1.00 bits per heavy atom. The van der Waals surface area contributed by atoms with E-state index in [1.165, 1.54) is 5.56 Å². The molecule has 3 aromatic rings. The van der Waals surface area contributed by atoms with Crippen molar-refractivity contribution in [3.05, 3.63) is 76.1 Å². The van der Waals surface area contributed by atoms with Crippen molar-refractivity contribution in [1.29, 1.82) is 0 Å². The standard InChI is InChI=1S/C19H18ClN3O/c1-12-4-10-17(11-5-12)23-14(3)18(13(2)22-23)21-19(24)15-6-8-16(20)9-7-15/h4-11H,1-3H3,(H,21,24). The van der Waals surface area contributed by atoms with Crippen LogP contribution in [0.5, 0.6) is 0 Å². The maximum atomic E-state index is 12.4. The van der Waals surface area contributed by atoms with Gasteiger partial charge in [-0.2, -0.15) is 5.10 Å². The molecule has 0 saturated heterocycles. The lowest BCUT2D eigenvalue weighted by Gasteiger charge is -2.07. The molecule has 0 atom stereocenters. The van der Waals surface area contributed by atoms with E-state index in [0.717, 1.165) is 22.8 Å². The molecule has 0 spiro atoms. The van der Waals surface area contributed by atoms with Gasteiger partial charge in [0.1, 0.15) is 0 Å². The fraction of sp³-hybridized carbons (Fsp3) is 0.158. The highest BCUT2D eigenvalue weighted by molar-refractivity contribution is 6.30. The van der Waals surface area contributed by atoms with E-state index in [4.69, 9.17) is 11.6 Å². The summed E-state index contributed by atoms with van der Waals surface area (Å²) in [6.45, 7) is 5.87. The van der Waals surface area contributed by atoms with Crippen molar-refractivity contribution in [2.45, 2.75) is 20.8 Å². The third-order valence-electron chi connectivity index (χ3n) is 3.91. The summed E-state index contributed by atoms with van der Waals surface area (Å²) in [5.74, 6) is -0.179. The number of aromatic nitrogens is 2. The van der Waals surface area contributed by atoms with Gasteiger partial charge in [0, 0.05) is 10.6 Å². The molecule has 1 N–H and O–H groups in total. The number of hydrogen-bond acceptors (Lipinski definition) is 2. The number of aryl methyl sites for hydroxylation is 2. The van der Waals surface area contributed by atoms with Crippen LogP contribution in [-0.2, 0) is 0 Å². The summed E-state index contributed by atoms with van der Waals surface area (Å²) >= 11 is 5.86. The highest BCUT2D eigenvalue weighted by Gasteiger charge is 2.16. The molecule has 122 valence electrons. The number of nitrogens with zero attached hydrogens (tertiary/aromatic N) is 2. The highest BCUT2D eigenvalue weighted by atomic mass is 35.5. The van der Waals surface area contributed by atoms with E-state index in [1.54, 1.807) is 24.3 Å². The fourth-order valence-electron chi connectivity index (χ4n) is 2.55. The number of rotatable bonds is 3. The van der Waals surface area contributed by atoms with Crippen LogP contribution < -0.4 is 5.32 Å². The normalized spacial score (nSPS) is 10.7. The second-order valence-corrected chi connectivity index (χ2v) is 6.19. The zero-order chi connectivity index (χ0) is 17.3.